The summed E-state index contributed by atoms with van der Waals surface area (Å²) in [6.07, 6.45) is -4.24. The zero-order valence-corrected chi connectivity index (χ0v) is 10.3. The highest BCUT2D eigenvalue weighted by Gasteiger charge is 2.36. The van der Waals surface area contributed by atoms with E-state index in [1.807, 2.05) is 0 Å². The number of ether oxygens (including phenoxy) is 1. The summed E-state index contributed by atoms with van der Waals surface area (Å²) in [5.41, 5.74) is -0.651. The number of aromatic nitrogens is 1. The Morgan fingerprint density at radius 3 is 2.89 bits per heavy atom. The average Bonchev–Trinajstić information content (AvgIpc) is 2.36. The molecule has 0 aromatic carbocycles. The summed E-state index contributed by atoms with van der Waals surface area (Å²) in [5, 5.41) is 2.94. The van der Waals surface area contributed by atoms with E-state index < -0.39 is 17.7 Å². The van der Waals surface area contributed by atoms with Gasteiger partial charge < -0.3 is 10.1 Å². The fourth-order valence-electron chi connectivity index (χ4n) is 2.03. The molecule has 1 aliphatic heterocycles. The molecule has 0 bridgehead atoms. The van der Waals surface area contributed by atoms with Crippen LogP contribution in [0, 0.1) is 0 Å². The number of halogens is 3. The first kappa shape index (κ1) is 13.8. The van der Waals surface area contributed by atoms with Crippen LogP contribution in [-0.2, 0) is 23.9 Å². The van der Waals surface area contributed by atoms with Crippen LogP contribution in [0.15, 0.2) is 6.07 Å². The molecule has 0 saturated heterocycles. The minimum atomic E-state index is -4.49. The Morgan fingerprint density at radius 2 is 2.26 bits per heavy atom. The maximum atomic E-state index is 13.0. The van der Waals surface area contributed by atoms with Gasteiger partial charge in [0.25, 0.3) is 0 Å². The Bertz CT molecular complexity index is 500. The van der Waals surface area contributed by atoms with Crippen molar-refractivity contribution in [1.29, 1.82) is 0 Å². The Balaban J connectivity index is 2.51. The van der Waals surface area contributed by atoms with Crippen molar-refractivity contribution in [2.24, 2.45) is 0 Å². The lowest BCUT2D eigenvalue weighted by Gasteiger charge is -2.21. The number of pyridine rings is 1. The third kappa shape index (κ3) is 2.86. The molecule has 2 rings (SSSR count). The van der Waals surface area contributed by atoms with E-state index in [1.54, 1.807) is 6.92 Å². The topological polar surface area (TPSA) is 51.2 Å². The van der Waals surface area contributed by atoms with E-state index in [9.17, 15) is 18.0 Å². The number of fused-ring (bicyclic) bond motifs is 1. The molecule has 19 heavy (non-hydrogen) atoms. The Morgan fingerprint density at radius 1 is 1.53 bits per heavy atom. The van der Waals surface area contributed by atoms with E-state index in [1.165, 1.54) is 0 Å². The van der Waals surface area contributed by atoms with Crippen molar-refractivity contribution in [2.45, 2.75) is 26.1 Å². The number of alkyl halides is 3. The molecule has 1 N–H and O–H groups in total. The molecule has 1 aliphatic rings. The third-order valence-corrected chi connectivity index (χ3v) is 2.84. The zero-order chi connectivity index (χ0) is 14.0. The number of nitrogens with one attached hydrogen (secondary N) is 1. The highest BCUT2D eigenvalue weighted by atomic mass is 19.4. The van der Waals surface area contributed by atoms with Crippen molar-refractivity contribution in [3.8, 4) is 0 Å². The second kappa shape index (κ2) is 5.16. The maximum absolute atomic E-state index is 13.0. The lowest BCUT2D eigenvalue weighted by atomic mass is 9.98. The molecule has 0 saturated carbocycles. The SMILES string of the molecule is CCOC(=O)c1cc(C(F)(F)F)c2c(n1)CNCC2. The molecule has 0 fully saturated rings. The van der Waals surface area contributed by atoms with Crippen molar-refractivity contribution >= 4 is 5.97 Å². The van der Waals surface area contributed by atoms with Gasteiger partial charge in [-0.25, -0.2) is 9.78 Å². The van der Waals surface area contributed by atoms with Crippen LogP contribution >= 0.6 is 0 Å². The van der Waals surface area contributed by atoms with Crippen LogP contribution in [0.5, 0.6) is 0 Å². The first-order valence-electron chi connectivity index (χ1n) is 5.91. The fourth-order valence-corrected chi connectivity index (χ4v) is 2.03. The van der Waals surface area contributed by atoms with Gasteiger partial charge in [0.15, 0.2) is 0 Å². The van der Waals surface area contributed by atoms with Crippen LogP contribution in [0.3, 0.4) is 0 Å². The van der Waals surface area contributed by atoms with Crippen molar-refractivity contribution in [2.75, 3.05) is 13.2 Å². The summed E-state index contributed by atoms with van der Waals surface area (Å²) in [6, 6.07) is 0.780. The number of nitrogens with zero attached hydrogens (tertiary/aromatic N) is 1. The Labute approximate surface area is 108 Å². The molecule has 0 unspecified atom stereocenters. The maximum Gasteiger partial charge on any atom is 0.416 e. The molecule has 0 radical (unpaired) electrons. The molecule has 0 spiro atoms. The van der Waals surface area contributed by atoms with E-state index in [0.29, 0.717) is 6.54 Å². The van der Waals surface area contributed by atoms with Crippen molar-refractivity contribution < 1.29 is 22.7 Å². The molecule has 0 atom stereocenters. The molecule has 7 heteroatoms. The lowest BCUT2D eigenvalue weighted by Crippen LogP contribution is -2.28. The van der Waals surface area contributed by atoms with Crippen LogP contribution in [0.2, 0.25) is 0 Å². The molecule has 4 nitrogen and oxygen atoms in total. The molecular weight excluding hydrogens is 261 g/mol. The van der Waals surface area contributed by atoms with Crippen LogP contribution in [0.4, 0.5) is 13.2 Å². The molecular formula is C12H13F3N2O2. The van der Waals surface area contributed by atoms with Crippen molar-refractivity contribution in [1.82, 2.24) is 10.3 Å². The predicted molar refractivity (Wildman–Crippen MR) is 60.6 cm³/mol. The number of rotatable bonds is 2. The lowest BCUT2D eigenvalue weighted by molar-refractivity contribution is -0.138. The second-order valence-corrected chi connectivity index (χ2v) is 4.13. The van der Waals surface area contributed by atoms with E-state index in [-0.39, 0.29) is 36.5 Å². The summed E-state index contributed by atoms with van der Waals surface area (Å²) in [7, 11) is 0. The quantitative estimate of drug-likeness (QED) is 0.837. The molecule has 1 aromatic heterocycles. The number of hydrogen-bond donors (Lipinski definition) is 1. The van der Waals surface area contributed by atoms with Crippen molar-refractivity contribution in [3.63, 3.8) is 0 Å². The normalized spacial score (nSPS) is 14.9. The minimum absolute atomic E-state index is 0.0944. The number of hydrogen-bond acceptors (Lipinski definition) is 4. The van der Waals surface area contributed by atoms with Gasteiger partial charge in [0.2, 0.25) is 0 Å². The summed E-state index contributed by atoms with van der Waals surface area (Å²) in [6.45, 7) is 2.38. The van der Waals surface area contributed by atoms with E-state index >= 15 is 0 Å². The highest BCUT2D eigenvalue weighted by molar-refractivity contribution is 5.87. The van der Waals surface area contributed by atoms with Gasteiger partial charge >= 0.3 is 12.1 Å². The predicted octanol–water partition coefficient (Wildman–Crippen LogP) is 1.92. The van der Waals surface area contributed by atoms with Gasteiger partial charge in [-0.2, -0.15) is 13.2 Å². The van der Waals surface area contributed by atoms with Crippen molar-refractivity contribution in [3.05, 3.63) is 28.6 Å². The smallest absolute Gasteiger partial charge is 0.416 e. The van der Waals surface area contributed by atoms with Gasteiger partial charge in [0.1, 0.15) is 5.69 Å². The summed E-state index contributed by atoms with van der Waals surface area (Å²) in [5.74, 6) is -0.832. The Hall–Kier alpha value is -1.63. The number of carbonyl (C=O) groups is 1. The fraction of sp³-hybridized carbons (Fsp3) is 0.500. The monoisotopic (exact) mass is 274 g/mol. The molecule has 1 aromatic rings. The summed E-state index contributed by atoms with van der Waals surface area (Å²) in [4.78, 5) is 15.5. The van der Waals surface area contributed by atoms with Crippen LogP contribution in [0.1, 0.15) is 34.2 Å². The Kier molecular flexibility index (Phi) is 3.75. The molecule has 2 heterocycles. The third-order valence-electron chi connectivity index (χ3n) is 2.84. The van der Waals surface area contributed by atoms with E-state index in [0.717, 1.165) is 6.07 Å². The van der Waals surface area contributed by atoms with Crippen LogP contribution < -0.4 is 5.32 Å². The summed E-state index contributed by atoms with van der Waals surface area (Å²) < 4.78 is 43.7. The number of esters is 1. The largest absolute Gasteiger partial charge is 0.461 e. The zero-order valence-electron chi connectivity index (χ0n) is 10.3. The average molecular weight is 274 g/mol. The van der Waals surface area contributed by atoms with Gasteiger partial charge in [-0.1, -0.05) is 0 Å². The first-order valence-corrected chi connectivity index (χ1v) is 5.91. The molecule has 104 valence electrons. The molecule has 0 amide bonds. The van der Waals surface area contributed by atoms with Gasteiger partial charge in [0, 0.05) is 6.54 Å². The van der Waals surface area contributed by atoms with Gasteiger partial charge in [-0.05, 0) is 31.5 Å². The first-order chi connectivity index (χ1) is 8.93. The van der Waals surface area contributed by atoms with E-state index in [4.69, 9.17) is 4.74 Å². The minimum Gasteiger partial charge on any atom is -0.461 e. The van der Waals surface area contributed by atoms with Gasteiger partial charge in [-0.3, -0.25) is 0 Å². The van der Waals surface area contributed by atoms with Gasteiger partial charge in [0.05, 0.1) is 17.9 Å². The second-order valence-electron chi connectivity index (χ2n) is 4.13. The molecule has 0 aliphatic carbocycles. The van der Waals surface area contributed by atoms with Crippen LogP contribution in [0.25, 0.3) is 0 Å². The van der Waals surface area contributed by atoms with E-state index in [2.05, 4.69) is 10.3 Å². The van der Waals surface area contributed by atoms with Gasteiger partial charge in [-0.15, -0.1) is 0 Å². The number of carbonyl (C=O) groups excluding carboxylic acids is 1. The highest BCUT2D eigenvalue weighted by Crippen LogP contribution is 2.34. The summed E-state index contributed by atoms with van der Waals surface area (Å²) >= 11 is 0. The standard InChI is InChI=1S/C12H13F3N2O2/c1-2-19-11(18)9-5-8(12(13,14)15)7-3-4-16-6-10(7)17-9/h5,16H,2-4,6H2,1H3. The van der Waals surface area contributed by atoms with Crippen LogP contribution in [-0.4, -0.2) is 24.1 Å².